The van der Waals surface area contributed by atoms with Gasteiger partial charge in [0.05, 0.1) is 11.8 Å². The molecule has 3 fully saturated rings. The van der Waals surface area contributed by atoms with E-state index in [2.05, 4.69) is 31.9 Å². The lowest BCUT2D eigenvalue weighted by Crippen LogP contribution is -2.46. The maximum atomic E-state index is 13.1. The monoisotopic (exact) mass is 539 g/mol. The molecule has 1 aliphatic heterocycles. The Morgan fingerprint density at radius 1 is 1.00 bits per heavy atom. The predicted molar refractivity (Wildman–Crippen MR) is 116 cm³/mol. The Morgan fingerprint density at radius 2 is 1.50 bits per heavy atom. The van der Waals surface area contributed by atoms with Gasteiger partial charge in [-0.1, -0.05) is 61.7 Å². The molecule has 1 heterocycles. The number of ether oxygens (including phenoxy) is 1. The number of fused-ring (bicyclic) bond motifs is 5. The van der Waals surface area contributed by atoms with Crippen LogP contribution in [0.5, 0.6) is 0 Å². The van der Waals surface area contributed by atoms with Crippen molar-refractivity contribution in [1.82, 2.24) is 4.90 Å². The zero-order chi connectivity index (χ0) is 21.9. The number of likely N-dealkylation sites (tertiary alicyclic amines) is 1. The van der Waals surface area contributed by atoms with Gasteiger partial charge in [-0.05, 0) is 39.0 Å². The van der Waals surface area contributed by atoms with Crippen LogP contribution in [0.2, 0.25) is 0 Å². The highest BCUT2D eigenvalue weighted by atomic mass is 79.9. The molecule has 6 nitrogen and oxygen atoms in total. The molecular formula is C22H23Br2NO5. The van der Waals surface area contributed by atoms with Crippen molar-refractivity contribution in [2.45, 2.75) is 49.0 Å². The Hall–Kier alpha value is -1.54. The number of benzene rings is 1. The van der Waals surface area contributed by atoms with Crippen LogP contribution < -0.4 is 0 Å². The molecule has 2 bridgehead atoms. The zero-order valence-corrected chi connectivity index (χ0v) is 20.1. The first-order valence-electron chi connectivity index (χ1n) is 10.1. The molecule has 0 unspecified atom stereocenters. The normalized spacial score (nSPS) is 34.1. The van der Waals surface area contributed by atoms with Crippen molar-refractivity contribution < 1.29 is 23.9 Å². The maximum Gasteiger partial charge on any atom is 0.329 e. The fourth-order valence-electron chi connectivity index (χ4n) is 5.14. The molecule has 1 aromatic rings. The van der Waals surface area contributed by atoms with E-state index in [1.807, 2.05) is 19.1 Å². The number of rotatable bonds is 5. The number of carbonyl (C=O) groups is 4. The van der Waals surface area contributed by atoms with Crippen LogP contribution in [-0.4, -0.2) is 50.3 Å². The van der Waals surface area contributed by atoms with Gasteiger partial charge in [-0.25, -0.2) is 4.79 Å². The molecule has 2 aliphatic carbocycles. The van der Waals surface area contributed by atoms with Gasteiger partial charge in [0.15, 0.2) is 6.10 Å². The van der Waals surface area contributed by atoms with Crippen molar-refractivity contribution in [2.75, 3.05) is 0 Å². The number of hydrogen-bond donors (Lipinski definition) is 0. The number of ketones is 1. The van der Waals surface area contributed by atoms with Crippen LogP contribution in [0.1, 0.15) is 36.2 Å². The van der Waals surface area contributed by atoms with E-state index in [9.17, 15) is 19.2 Å². The SMILES string of the molecule is Cc1ccc(C(=O)[C@H](C)OC(=O)[C@@H](C)N2C(=O)[C@@H]3[C@@H]4C[C@H]([C@H](Br)[C@@H]4Br)[C@@H]3C2=O)cc1. The molecule has 30 heavy (non-hydrogen) atoms. The minimum absolute atomic E-state index is 0.0797. The van der Waals surface area contributed by atoms with Crippen LogP contribution in [0.15, 0.2) is 24.3 Å². The van der Waals surface area contributed by atoms with Gasteiger partial charge in [-0.15, -0.1) is 0 Å². The smallest absolute Gasteiger partial charge is 0.329 e. The molecule has 4 rings (SSSR count). The van der Waals surface area contributed by atoms with E-state index in [-0.39, 0.29) is 50.9 Å². The number of aryl methyl sites for hydroxylation is 1. The summed E-state index contributed by atoms with van der Waals surface area (Å²) >= 11 is 7.30. The summed E-state index contributed by atoms with van der Waals surface area (Å²) in [7, 11) is 0. The number of carbonyl (C=O) groups excluding carboxylic acids is 4. The van der Waals surface area contributed by atoms with E-state index >= 15 is 0 Å². The first-order chi connectivity index (χ1) is 14.1. The number of Topliss-reactive ketones (excluding diaryl/α,β-unsaturated/α-hetero) is 1. The van der Waals surface area contributed by atoms with Crippen molar-refractivity contribution in [2.24, 2.45) is 23.7 Å². The Morgan fingerprint density at radius 3 is 2.00 bits per heavy atom. The van der Waals surface area contributed by atoms with Gasteiger partial charge < -0.3 is 4.74 Å². The predicted octanol–water partition coefficient (Wildman–Crippen LogP) is 3.28. The second-order valence-corrected chi connectivity index (χ2v) is 10.7. The van der Waals surface area contributed by atoms with Gasteiger partial charge in [0.25, 0.3) is 0 Å². The molecule has 3 aliphatic rings. The van der Waals surface area contributed by atoms with Gasteiger partial charge in [-0.2, -0.15) is 0 Å². The highest BCUT2D eigenvalue weighted by Gasteiger charge is 2.67. The molecule has 1 aromatic carbocycles. The summed E-state index contributed by atoms with van der Waals surface area (Å²) < 4.78 is 5.35. The van der Waals surface area contributed by atoms with Crippen LogP contribution in [0, 0.1) is 30.6 Å². The third kappa shape index (κ3) is 3.27. The van der Waals surface area contributed by atoms with E-state index in [0.717, 1.165) is 16.9 Å². The van der Waals surface area contributed by atoms with Crippen LogP contribution >= 0.6 is 31.9 Å². The summed E-state index contributed by atoms with van der Waals surface area (Å²) in [5.74, 6) is -2.29. The molecule has 1 saturated heterocycles. The summed E-state index contributed by atoms with van der Waals surface area (Å²) in [5.41, 5.74) is 1.46. The Kier molecular flexibility index (Phi) is 5.68. The Balaban J connectivity index is 1.45. The first kappa shape index (κ1) is 21.7. The number of nitrogens with zero attached hydrogens (tertiary/aromatic N) is 1. The fourth-order valence-corrected chi connectivity index (χ4v) is 7.01. The number of esters is 1. The van der Waals surface area contributed by atoms with Gasteiger partial charge in [-0.3, -0.25) is 19.3 Å². The van der Waals surface area contributed by atoms with E-state index in [4.69, 9.17) is 4.74 Å². The first-order valence-corrected chi connectivity index (χ1v) is 11.9. The third-order valence-corrected chi connectivity index (χ3v) is 9.95. The van der Waals surface area contributed by atoms with Crippen LogP contribution in [0.3, 0.4) is 0 Å². The van der Waals surface area contributed by atoms with E-state index in [1.165, 1.54) is 13.8 Å². The van der Waals surface area contributed by atoms with Crippen LogP contribution in [-0.2, 0) is 19.1 Å². The minimum Gasteiger partial charge on any atom is -0.453 e. The van der Waals surface area contributed by atoms with Crippen molar-refractivity contribution in [1.29, 1.82) is 0 Å². The summed E-state index contributed by atoms with van der Waals surface area (Å²) in [4.78, 5) is 52.7. The molecule has 2 amide bonds. The summed E-state index contributed by atoms with van der Waals surface area (Å²) in [5, 5.41) is 0. The molecule has 0 aromatic heterocycles. The molecule has 0 radical (unpaired) electrons. The molecule has 2 saturated carbocycles. The highest BCUT2D eigenvalue weighted by molar-refractivity contribution is 9.12. The molecule has 8 heteroatoms. The second kappa shape index (κ2) is 7.86. The molecule has 160 valence electrons. The van der Waals surface area contributed by atoms with Crippen molar-refractivity contribution >= 4 is 55.4 Å². The quantitative estimate of drug-likeness (QED) is 0.248. The second-order valence-electron chi connectivity index (χ2n) is 8.54. The number of hydrogen-bond acceptors (Lipinski definition) is 5. The van der Waals surface area contributed by atoms with Gasteiger partial charge >= 0.3 is 5.97 Å². The number of amides is 2. The summed E-state index contributed by atoms with van der Waals surface area (Å²) in [6.07, 6.45) is -0.182. The minimum atomic E-state index is -1.06. The van der Waals surface area contributed by atoms with Crippen LogP contribution in [0.4, 0.5) is 0 Å². The lowest BCUT2D eigenvalue weighted by molar-refractivity contribution is -0.160. The standard InChI is InChI=1S/C22H23Br2NO5/c1-9-4-6-12(7-5-9)19(26)11(3)30-22(29)10(2)25-20(27)15-13-8-14(16(15)21(25)28)18(24)17(13)23/h4-7,10-11,13-18H,8H2,1-3H3/t10-,11+,13+,14+,15-,16+,17-,18+/m1/s1. The summed E-state index contributed by atoms with van der Waals surface area (Å²) in [6.45, 7) is 4.91. The lowest BCUT2D eigenvalue weighted by Gasteiger charge is -2.28. The topological polar surface area (TPSA) is 80.8 Å². The van der Waals surface area contributed by atoms with Crippen LogP contribution in [0.25, 0.3) is 0 Å². The molecule has 8 atom stereocenters. The Bertz CT molecular complexity index is 885. The number of halogens is 2. The third-order valence-electron chi connectivity index (χ3n) is 6.75. The number of alkyl halides is 2. The van der Waals surface area contributed by atoms with E-state index in [0.29, 0.717) is 5.56 Å². The van der Waals surface area contributed by atoms with E-state index < -0.39 is 18.1 Å². The van der Waals surface area contributed by atoms with E-state index in [1.54, 1.807) is 12.1 Å². The largest absolute Gasteiger partial charge is 0.453 e. The highest BCUT2D eigenvalue weighted by Crippen LogP contribution is 2.60. The van der Waals surface area contributed by atoms with Crippen molar-refractivity contribution in [3.63, 3.8) is 0 Å². The Labute approximate surface area is 192 Å². The van der Waals surface area contributed by atoms with Crippen molar-refractivity contribution in [3.8, 4) is 0 Å². The van der Waals surface area contributed by atoms with Gasteiger partial charge in [0.1, 0.15) is 6.04 Å². The molecule has 0 spiro atoms. The maximum absolute atomic E-state index is 13.1. The zero-order valence-electron chi connectivity index (χ0n) is 16.9. The molecule has 0 N–H and O–H groups in total. The average Bonchev–Trinajstić information content (AvgIpc) is 3.32. The average molecular weight is 541 g/mol. The van der Waals surface area contributed by atoms with Crippen molar-refractivity contribution in [3.05, 3.63) is 35.4 Å². The molecular weight excluding hydrogens is 518 g/mol. The van der Waals surface area contributed by atoms with Gasteiger partial charge in [0, 0.05) is 15.2 Å². The summed E-state index contributed by atoms with van der Waals surface area (Å²) in [6, 6.07) is 5.93. The fraction of sp³-hybridized carbons (Fsp3) is 0.545. The lowest BCUT2D eigenvalue weighted by atomic mass is 9.81. The van der Waals surface area contributed by atoms with Gasteiger partial charge in [0.2, 0.25) is 17.6 Å². The number of imide groups is 1.